The summed E-state index contributed by atoms with van der Waals surface area (Å²) < 4.78 is 10.0. The minimum Gasteiger partial charge on any atom is -0.461 e. The molecule has 0 unspecified atom stereocenters. The Morgan fingerprint density at radius 1 is 1.09 bits per heavy atom. The third-order valence-corrected chi connectivity index (χ3v) is 4.99. The molecule has 0 aliphatic carbocycles. The van der Waals surface area contributed by atoms with Gasteiger partial charge < -0.3 is 14.6 Å². The lowest BCUT2D eigenvalue weighted by atomic mass is 10.3. The molecule has 3 aromatic heterocycles. The highest BCUT2D eigenvalue weighted by molar-refractivity contribution is 5.90. The van der Waals surface area contributed by atoms with E-state index in [0.29, 0.717) is 11.4 Å². The van der Waals surface area contributed by atoms with E-state index in [1.54, 1.807) is 50.5 Å². The van der Waals surface area contributed by atoms with Crippen molar-refractivity contribution in [3.8, 4) is 5.69 Å². The van der Waals surface area contributed by atoms with Crippen molar-refractivity contribution in [1.29, 1.82) is 0 Å². The molecular formula is C21H21N7O5. The van der Waals surface area contributed by atoms with Gasteiger partial charge in [-0.2, -0.15) is 5.10 Å². The van der Waals surface area contributed by atoms with Crippen LogP contribution in [0.3, 0.4) is 0 Å². The van der Waals surface area contributed by atoms with Crippen LogP contribution in [-0.2, 0) is 30.2 Å². The first-order valence-electron chi connectivity index (χ1n) is 10.0. The summed E-state index contributed by atoms with van der Waals surface area (Å²) in [5.41, 5.74) is 0.581. The first-order chi connectivity index (χ1) is 15.8. The predicted octanol–water partition coefficient (Wildman–Crippen LogP) is 0.435. The van der Waals surface area contributed by atoms with Crippen molar-refractivity contribution >= 4 is 28.7 Å². The average molecular weight is 451 g/mol. The van der Waals surface area contributed by atoms with E-state index in [0.717, 1.165) is 4.57 Å². The van der Waals surface area contributed by atoms with Crippen molar-refractivity contribution in [1.82, 2.24) is 28.5 Å². The molecule has 170 valence electrons. The van der Waals surface area contributed by atoms with Gasteiger partial charge in [0.1, 0.15) is 6.54 Å². The van der Waals surface area contributed by atoms with Gasteiger partial charge in [-0.1, -0.05) is 0 Å². The molecule has 1 aromatic carbocycles. The second-order valence-electron chi connectivity index (χ2n) is 7.22. The molecule has 33 heavy (non-hydrogen) atoms. The van der Waals surface area contributed by atoms with Crippen molar-refractivity contribution in [3.63, 3.8) is 0 Å². The molecule has 0 saturated carbocycles. The van der Waals surface area contributed by atoms with Crippen LogP contribution in [0.25, 0.3) is 16.9 Å². The number of hydrogen-bond donors (Lipinski definition) is 1. The average Bonchev–Trinajstić information content (AvgIpc) is 3.43. The van der Waals surface area contributed by atoms with E-state index in [2.05, 4.69) is 15.4 Å². The van der Waals surface area contributed by atoms with E-state index < -0.39 is 29.7 Å². The maximum Gasteiger partial charge on any atom is 0.358 e. The number of nitrogens with one attached hydrogen (secondary N) is 1. The lowest BCUT2D eigenvalue weighted by molar-refractivity contribution is -0.116. The minimum absolute atomic E-state index is 0.187. The summed E-state index contributed by atoms with van der Waals surface area (Å²) in [6, 6.07) is 8.23. The van der Waals surface area contributed by atoms with Crippen molar-refractivity contribution < 1.29 is 14.3 Å². The number of hydrogen-bond acceptors (Lipinski definition) is 7. The topological polar surface area (TPSA) is 135 Å². The van der Waals surface area contributed by atoms with Crippen LogP contribution in [0.15, 0.2) is 52.4 Å². The van der Waals surface area contributed by atoms with Crippen LogP contribution in [-0.4, -0.2) is 46.9 Å². The van der Waals surface area contributed by atoms with E-state index in [1.807, 2.05) is 0 Å². The van der Waals surface area contributed by atoms with Crippen molar-refractivity contribution in [2.75, 3.05) is 11.9 Å². The number of ether oxygens (including phenoxy) is 1. The number of carbonyl (C=O) groups is 2. The van der Waals surface area contributed by atoms with Gasteiger partial charge in [0.2, 0.25) is 5.91 Å². The molecule has 1 N–H and O–H groups in total. The number of aromatic nitrogens is 6. The monoisotopic (exact) mass is 451 g/mol. The zero-order chi connectivity index (χ0) is 23.7. The quantitative estimate of drug-likeness (QED) is 0.420. The number of anilines is 1. The lowest BCUT2D eigenvalue weighted by Gasteiger charge is -2.10. The number of carbonyl (C=O) groups excluding carboxylic acids is 2. The van der Waals surface area contributed by atoms with E-state index in [1.165, 1.54) is 27.2 Å². The minimum atomic E-state index is -0.632. The number of esters is 1. The fraction of sp³-hybridized carbons (Fsp3) is 0.238. The van der Waals surface area contributed by atoms with Gasteiger partial charge in [0.25, 0.3) is 5.56 Å². The molecular weight excluding hydrogens is 430 g/mol. The van der Waals surface area contributed by atoms with Crippen molar-refractivity contribution in [2.45, 2.75) is 13.5 Å². The number of rotatable bonds is 6. The molecule has 4 aromatic rings. The molecule has 0 bridgehead atoms. The SMILES string of the molecule is CCOC(=O)c1ccn(-c2ccc(NC(=O)Cn3c(=O)c4c(ncn4C)n(C)c3=O)cc2)n1. The highest BCUT2D eigenvalue weighted by atomic mass is 16.5. The van der Waals surface area contributed by atoms with Gasteiger partial charge in [0.05, 0.1) is 18.6 Å². The summed E-state index contributed by atoms with van der Waals surface area (Å²) in [5.74, 6) is -1.04. The van der Waals surface area contributed by atoms with Crippen molar-refractivity contribution in [2.24, 2.45) is 14.1 Å². The number of aryl methyl sites for hydroxylation is 2. The van der Waals surface area contributed by atoms with E-state index in [4.69, 9.17) is 4.74 Å². The highest BCUT2D eigenvalue weighted by Gasteiger charge is 2.17. The lowest BCUT2D eigenvalue weighted by Crippen LogP contribution is -2.42. The number of nitrogens with zero attached hydrogens (tertiary/aromatic N) is 6. The molecule has 0 aliphatic heterocycles. The molecule has 4 rings (SSSR count). The van der Waals surface area contributed by atoms with Crippen molar-refractivity contribution in [3.05, 3.63) is 69.4 Å². The van der Waals surface area contributed by atoms with E-state index in [-0.39, 0.29) is 23.5 Å². The van der Waals surface area contributed by atoms with Crippen LogP contribution < -0.4 is 16.6 Å². The van der Waals surface area contributed by atoms with Crippen LogP contribution >= 0.6 is 0 Å². The molecule has 0 spiro atoms. The van der Waals surface area contributed by atoms with Crippen LogP contribution in [0.1, 0.15) is 17.4 Å². The standard InChI is InChI=1S/C21H21N7O5/c1-4-33-20(31)15-9-10-28(24-15)14-7-5-13(6-8-14)23-16(29)11-27-19(30)17-18(22-12-25(17)2)26(3)21(27)32/h5-10,12H,4,11H2,1-3H3,(H,23,29). The van der Waals surface area contributed by atoms with Gasteiger partial charge in [0.15, 0.2) is 16.9 Å². The number of imidazole rings is 1. The fourth-order valence-electron chi connectivity index (χ4n) is 3.36. The summed E-state index contributed by atoms with van der Waals surface area (Å²) in [6.45, 7) is 1.53. The van der Waals surface area contributed by atoms with Crippen LogP contribution in [0.4, 0.5) is 5.69 Å². The fourth-order valence-corrected chi connectivity index (χ4v) is 3.36. The predicted molar refractivity (Wildman–Crippen MR) is 118 cm³/mol. The third kappa shape index (κ3) is 4.05. The molecule has 0 saturated heterocycles. The van der Waals surface area contributed by atoms with Crippen LogP contribution in [0.5, 0.6) is 0 Å². The molecule has 3 heterocycles. The zero-order valence-electron chi connectivity index (χ0n) is 18.2. The smallest absolute Gasteiger partial charge is 0.358 e. The largest absolute Gasteiger partial charge is 0.461 e. The normalized spacial score (nSPS) is 11.0. The summed E-state index contributed by atoms with van der Waals surface area (Å²) >= 11 is 0. The van der Waals surface area contributed by atoms with Gasteiger partial charge in [-0.15, -0.1) is 0 Å². The molecule has 0 aliphatic rings. The van der Waals surface area contributed by atoms with E-state index in [9.17, 15) is 19.2 Å². The van der Waals surface area contributed by atoms with Gasteiger partial charge in [0, 0.05) is 26.0 Å². The molecule has 0 radical (unpaired) electrons. The number of fused-ring (bicyclic) bond motifs is 1. The maximum absolute atomic E-state index is 12.7. The second-order valence-corrected chi connectivity index (χ2v) is 7.22. The maximum atomic E-state index is 12.7. The Balaban J connectivity index is 1.50. The van der Waals surface area contributed by atoms with Gasteiger partial charge in [-0.25, -0.2) is 23.8 Å². The summed E-state index contributed by atoms with van der Waals surface area (Å²) in [4.78, 5) is 53.6. The van der Waals surface area contributed by atoms with E-state index >= 15 is 0 Å². The third-order valence-electron chi connectivity index (χ3n) is 4.99. The van der Waals surface area contributed by atoms with Crippen LogP contribution in [0, 0.1) is 0 Å². The molecule has 12 nitrogen and oxygen atoms in total. The Kier molecular flexibility index (Phi) is 5.65. The van der Waals surface area contributed by atoms with Crippen LogP contribution in [0.2, 0.25) is 0 Å². The molecule has 12 heteroatoms. The number of amides is 1. The van der Waals surface area contributed by atoms with Gasteiger partial charge in [-0.3, -0.25) is 14.2 Å². The second kappa shape index (κ2) is 8.57. The summed E-state index contributed by atoms with van der Waals surface area (Å²) in [5, 5.41) is 6.84. The Bertz CT molecular complexity index is 1470. The van der Waals surface area contributed by atoms with Gasteiger partial charge >= 0.3 is 11.7 Å². The zero-order valence-corrected chi connectivity index (χ0v) is 18.2. The van der Waals surface area contributed by atoms with Gasteiger partial charge in [-0.05, 0) is 37.3 Å². The summed E-state index contributed by atoms with van der Waals surface area (Å²) in [6.07, 6.45) is 3.06. The molecule has 1 amide bonds. The highest BCUT2D eigenvalue weighted by Crippen LogP contribution is 2.14. The molecule has 0 fully saturated rings. The Hall–Kier alpha value is -4.48. The molecule has 0 atom stereocenters. The first-order valence-corrected chi connectivity index (χ1v) is 10.0. The number of benzene rings is 1. The Labute approximate surface area is 186 Å². The Morgan fingerprint density at radius 2 is 1.82 bits per heavy atom. The first kappa shape index (κ1) is 21.7. The summed E-state index contributed by atoms with van der Waals surface area (Å²) in [7, 11) is 3.13. The Morgan fingerprint density at radius 3 is 2.52 bits per heavy atom.